The molecule has 2 aromatic heterocycles. The van der Waals surface area contributed by atoms with Crippen molar-refractivity contribution >= 4 is 35.8 Å². The van der Waals surface area contributed by atoms with Crippen LogP contribution in [0.4, 0.5) is 5.82 Å². The maximum atomic E-state index is 14.3. The van der Waals surface area contributed by atoms with E-state index in [4.69, 9.17) is 24.3 Å². The van der Waals surface area contributed by atoms with Crippen LogP contribution in [0.5, 0.6) is 5.75 Å². The highest BCUT2D eigenvalue weighted by Gasteiger charge is 2.58. The predicted octanol–water partition coefficient (Wildman–Crippen LogP) is 3.08. The molecule has 0 amide bonds. The van der Waals surface area contributed by atoms with Crippen molar-refractivity contribution in [2.24, 2.45) is 5.41 Å². The van der Waals surface area contributed by atoms with Crippen LogP contribution in [0.15, 0.2) is 60.9 Å². The van der Waals surface area contributed by atoms with Gasteiger partial charge >= 0.3 is 13.7 Å². The number of aliphatic hydroxyl groups excluding tert-OH is 2. The van der Waals surface area contributed by atoms with Crippen molar-refractivity contribution in [1.29, 1.82) is 5.26 Å². The number of ether oxygens (including phenoxy) is 2. The topological polar surface area (TPSA) is 204 Å². The van der Waals surface area contributed by atoms with Crippen molar-refractivity contribution in [3.63, 3.8) is 0 Å². The first-order chi connectivity index (χ1) is 21.3. The average molecular weight is 639 g/mol. The number of fused-ring (bicyclic) bond motifs is 2. The quantitative estimate of drug-likeness (QED) is 0.146. The molecule has 0 saturated carbocycles. The highest BCUT2D eigenvalue weighted by atomic mass is 31.2. The lowest BCUT2D eigenvalue weighted by atomic mass is 9.92. The van der Waals surface area contributed by atoms with Crippen molar-refractivity contribution in [2.45, 2.75) is 57.6 Å². The molecule has 0 aliphatic carbocycles. The molecule has 2 aromatic carbocycles. The lowest BCUT2D eigenvalue weighted by Gasteiger charge is -2.26. The Balaban J connectivity index is 1.41. The summed E-state index contributed by atoms with van der Waals surface area (Å²) >= 11 is 0. The van der Waals surface area contributed by atoms with E-state index in [1.54, 1.807) is 30.3 Å². The Morgan fingerprint density at radius 1 is 1.22 bits per heavy atom. The molecule has 15 heteroatoms. The highest BCUT2D eigenvalue weighted by molar-refractivity contribution is 7.52. The fraction of sp³-hybridized carbons (Fsp3) is 0.400. The minimum atomic E-state index is -4.42. The van der Waals surface area contributed by atoms with Gasteiger partial charge < -0.3 is 29.9 Å². The zero-order valence-corrected chi connectivity index (χ0v) is 26.0. The van der Waals surface area contributed by atoms with Gasteiger partial charge in [-0.25, -0.2) is 14.1 Å². The zero-order valence-electron chi connectivity index (χ0n) is 25.2. The summed E-state index contributed by atoms with van der Waals surface area (Å²) in [5.74, 6) is -0.354. The van der Waals surface area contributed by atoms with E-state index in [0.29, 0.717) is 10.9 Å². The van der Waals surface area contributed by atoms with Crippen molar-refractivity contribution in [1.82, 2.24) is 19.7 Å². The minimum absolute atomic E-state index is 0.0895. The molecule has 0 radical (unpaired) electrons. The van der Waals surface area contributed by atoms with Crippen LogP contribution >= 0.6 is 7.75 Å². The van der Waals surface area contributed by atoms with E-state index in [1.807, 2.05) is 45.0 Å². The Morgan fingerprint density at radius 2 is 1.96 bits per heavy atom. The predicted molar refractivity (Wildman–Crippen MR) is 163 cm³/mol. The van der Waals surface area contributed by atoms with Gasteiger partial charge in [-0.05, 0) is 35.9 Å². The molecule has 14 nitrogen and oxygen atoms in total. The summed E-state index contributed by atoms with van der Waals surface area (Å²) in [6, 6.07) is 16.2. The van der Waals surface area contributed by atoms with Gasteiger partial charge in [0.1, 0.15) is 48.0 Å². The molecule has 1 saturated heterocycles. The van der Waals surface area contributed by atoms with E-state index in [1.165, 1.54) is 23.8 Å². The molecule has 5 N–H and O–H groups in total. The molecular weight excluding hydrogens is 603 g/mol. The van der Waals surface area contributed by atoms with Gasteiger partial charge in [-0.2, -0.15) is 15.4 Å². The van der Waals surface area contributed by atoms with Crippen molar-refractivity contribution in [3.8, 4) is 11.8 Å². The second kappa shape index (κ2) is 12.4. The SMILES string of the molecule is C[C@H](NP(=O)(OC[C@H]1O[C@@](C#N)(c2ccc3c(N)ncnn23)[C@H](O)[C@@H]1O)Oc1cccc2ccccc12)C(=O)OCC(C)(C)C. The Bertz CT molecular complexity index is 1800. The first kappa shape index (κ1) is 32.3. The number of nitrogens with two attached hydrogens (primary N) is 1. The van der Waals surface area contributed by atoms with Crippen LogP contribution in [0.3, 0.4) is 0 Å². The number of nitrogens with zero attached hydrogens (tertiary/aromatic N) is 4. The highest BCUT2D eigenvalue weighted by Crippen LogP contribution is 2.48. The summed E-state index contributed by atoms with van der Waals surface area (Å²) in [5, 5.41) is 40.5. The first-order valence-corrected chi connectivity index (χ1v) is 15.7. The number of esters is 1. The number of nitrogen functional groups attached to an aromatic ring is 1. The molecule has 6 atom stereocenters. The molecule has 1 aliphatic heterocycles. The molecule has 238 valence electrons. The molecule has 0 spiro atoms. The average Bonchev–Trinajstić information content (AvgIpc) is 3.55. The number of aromatic nitrogens is 3. The van der Waals surface area contributed by atoms with Crippen LogP contribution in [0.25, 0.3) is 16.3 Å². The third-order valence-corrected chi connectivity index (χ3v) is 8.85. The first-order valence-electron chi connectivity index (χ1n) is 14.2. The number of rotatable bonds is 10. The van der Waals surface area contributed by atoms with Crippen LogP contribution in [0, 0.1) is 16.7 Å². The van der Waals surface area contributed by atoms with Gasteiger partial charge in [0.15, 0.2) is 5.82 Å². The Hall–Kier alpha value is -4.09. The number of anilines is 1. The molecule has 0 bridgehead atoms. The van der Waals surface area contributed by atoms with Crippen LogP contribution in [0.2, 0.25) is 0 Å². The molecular formula is C30H35N6O8P. The van der Waals surface area contributed by atoms with Gasteiger partial charge in [-0.1, -0.05) is 57.2 Å². The second-order valence-electron chi connectivity index (χ2n) is 12.0. The van der Waals surface area contributed by atoms with Gasteiger partial charge in [0, 0.05) is 5.39 Å². The van der Waals surface area contributed by atoms with Gasteiger partial charge in [-0.15, -0.1) is 0 Å². The van der Waals surface area contributed by atoms with Crippen LogP contribution in [-0.4, -0.2) is 68.3 Å². The fourth-order valence-corrected chi connectivity index (χ4v) is 6.44. The Kier molecular flexibility index (Phi) is 8.88. The summed E-state index contributed by atoms with van der Waals surface area (Å²) in [6.07, 6.45) is -3.61. The van der Waals surface area contributed by atoms with Crippen molar-refractivity contribution < 1.29 is 38.1 Å². The summed E-state index contributed by atoms with van der Waals surface area (Å²) in [7, 11) is -4.42. The second-order valence-corrected chi connectivity index (χ2v) is 13.7. The number of carbonyl (C=O) groups is 1. The van der Waals surface area contributed by atoms with E-state index >= 15 is 0 Å². The third-order valence-electron chi connectivity index (χ3n) is 7.22. The normalized spacial score (nSPS) is 23.8. The largest absolute Gasteiger partial charge is 0.464 e. The molecule has 3 heterocycles. The summed E-state index contributed by atoms with van der Waals surface area (Å²) < 4.78 is 38.6. The lowest BCUT2D eigenvalue weighted by molar-refractivity contribution is -0.148. The fourth-order valence-electron chi connectivity index (χ4n) is 4.92. The lowest BCUT2D eigenvalue weighted by Crippen LogP contribution is -2.41. The number of benzene rings is 2. The number of nitriles is 1. The zero-order chi connectivity index (χ0) is 32.6. The maximum absolute atomic E-state index is 14.3. The summed E-state index contributed by atoms with van der Waals surface area (Å²) in [5.41, 5.74) is 3.97. The smallest absolute Gasteiger partial charge is 0.459 e. The molecule has 1 fully saturated rings. The molecule has 1 aliphatic rings. The van der Waals surface area contributed by atoms with E-state index in [2.05, 4.69) is 15.2 Å². The van der Waals surface area contributed by atoms with Crippen molar-refractivity contribution in [3.05, 3.63) is 66.6 Å². The minimum Gasteiger partial charge on any atom is -0.464 e. The monoisotopic (exact) mass is 638 g/mol. The third kappa shape index (κ3) is 6.50. The number of nitrogens with one attached hydrogen (secondary N) is 1. The van der Waals surface area contributed by atoms with E-state index in [0.717, 1.165) is 5.39 Å². The van der Waals surface area contributed by atoms with E-state index in [9.17, 15) is 24.8 Å². The standard InChI is InChI=1S/C30H35N6O8P/c1-18(28(39)41-16-29(2,3)4)35-45(40,44-22-11-7-9-19-8-5-6-10-20(19)22)42-14-23-25(37)26(38)30(15-31,43-23)24-13-12-21-27(32)33-17-34-36(21)24/h5-13,17-18,23,25-26,37-38H,14,16H2,1-4H3,(H,35,40)(H2,32,33,34)/t18-,23+,25+,26+,30-,45?/m0/s1. The Labute approximate surface area is 259 Å². The number of carbonyl (C=O) groups excluding carboxylic acids is 1. The maximum Gasteiger partial charge on any atom is 0.459 e. The van der Waals surface area contributed by atoms with Crippen LogP contribution < -0.4 is 15.3 Å². The summed E-state index contributed by atoms with van der Waals surface area (Å²) in [6.45, 7) is 6.66. The number of hydrogen-bond acceptors (Lipinski definition) is 12. The van der Waals surface area contributed by atoms with Gasteiger partial charge in [0.05, 0.1) is 18.9 Å². The number of aliphatic hydroxyl groups is 2. The van der Waals surface area contributed by atoms with E-state index in [-0.39, 0.29) is 29.3 Å². The van der Waals surface area contributed by atoms with Gasteiger partial charge in [0.25, 0.3) is 0 Å². The molecule has 4 aromatic rings. The van der Waals surface area contributed by atoms with Crippen LogP contribution in [0.1, 0.15) is 33.4 Å². The Morgan fingerprint density at radius 3 is 2.69 bits per heavy atom. The molecule has 45 heavy (non-hydrogen) atoms. The van der Waals surface area contributed by atoms with Gasteiger partial charge in [0.2, 0.25) is 5.60 Å². The molecule has 1 unspecified atom stereocenters. The summed E-state index contributed by atoms with van der Waals surface area (Å²) in [4.78, 5) is 16.7. The van der Waals surface area contributed by atoms with E-state index < -0.39 is 50.3 Å². The van der Waals surface area contributed by atoms with Crippen molar-refractivity contribution in [2.75, 3.05) is 18.9 Å². The van der Waals surface area contributed by atoms with Gasteiger partial charge in [-0.3, -0.25) is 9.32 Å². The van der Waals surface area contributed by atoms with Crippen LogP contribution in [-0.2, 0) is 29.0 Å². The molecule has 5 rings (SSSR count). The number of hydrogen-bond donors (Lipinski definition) is 4.